The van der Waals surface area contributed by atoms with Crippen molar-refractivity contribution < 1.29 is 33.5 Å². The van der Waals surface area contributed by atoms with Crippen molar-refractivity contribution in [3.05, 3.63) is 129 Å². The number of phenolic OH excluding ortho intramolecular Hbond substituents is 1. The predicted octanol–water partition coefficient (Wildman–Crippen LogP) is 6.61. The molecule has 0 aromatic heterocycles. The number of benzene rings is 4. The quantitative estimate of drug-likeness (QED) is 0.135. The monoisotopic (exact) mass is 825 g/mol. The van der Waals surface area contributed by atoms with Crippen molar-refractivity contribution in [2.24, 2.45) is 0 Å². The summed E-state index contributed by atoms with van der Waals surface area (Å²) in [5.74, 6) is -0.867. The van der Waals surface area contributed by atoms with Crippen LogP contribution in [-0.4, -0.2) is 93.8 Å². The van der Waals surface area contributed by atoms with Crippen molar-refractivity contribution in [3.63, 3.8) is 0 Å². The lowest BCUT2D eigenvalue weighted by atomic mass is 9.69. The van der Waals surface area contributed by atoms with Crippen molar-refractivity contribution in [1.82, 2.24) is 20.0 Å². The van der Waals surface area contributed by atoms with Crippen molar-refractivity contribution in [3.8, 4) is 5.75 Å². The Hall–Kier alpha value is -5.88. The van der Waals surface area contributed by atoms with Gasteiger partial charge in [0.15, 0.2) is 5.67 Å². The van der Waals surface area contributed by atoms with Gasteiger partial charge in [-0.2, -0.15) is 0 Å². The van der Waals surface area contributed by atoms with Crippen LogP contribution in [0.5, 0.6) is 5.75 Å². The molecule has 4 aromatic rings. The van der Waals surface area contributed by atoms with Crippen molar-refractivity contribution in [2.45, 2.75) is 101 Å². The number of hydrogen-bond donors (Lipinski definition) is 2. The van der Waals surface area contributed by atoms with E-state index in [2.05, 4.69) is 69.7 Å². The number of likely N-dealkylation sites (tertiary alicyclic amines) is 1. The highest BCUT2D eigenvalue weighted by atomic mass is 19.1. The van der Waals surface area contributed by atoms with Crippen LogP contribution in [0.3, 0.4) is 0 Å². The highest BCUT2D eigenvalue weighted by molar-refractivity contribution is 6.21. The first-order valence-electron chi connectivity index (χ1n) is 21.7. The van der Waals surface area contributed by atoms with Gasteiger partial charge in [-0.05, 0) is 115 Å². The zero-order valence-corrected chi connectivity index (χ0v) is 34.5. The average molecular weight is 826 g/mol. The standard InChI is InChI=1S/C49H52FN5O6/c1-31(7-16-44(58)51-30-56)55-46(59)42-26-35-28-54(29-36(35)27-43(42)47(55)60)38-17-21-53(22-18-38)48(61)49(50)19-23-52(24-20-49)37-11-8-33(9-12-37)45-40(32-5-3-2-4-6-32)14-10-34-25-39(57)13-15-41(34)45/h2-6,8-9,11-13,15,25-27,30-31,38,40,45,57H,7,10,14,16-24,28-29H2,1H3,(H,51,56,58). The molecule has 5 amide bonds. The van der Waals surface area contributed by atoms with Gasteiger partial charge in [0.25, 0.3) is 17.7 Å². The van der Waals surface area contributed by atoms with Crippen LogP contribution in [0, 0.1) is 0 Å². The molecule has 5 aliphatic rings. The minimum absolute atomic E-state index is 0.0196. The van der Waals surface area contributed by atoms with E-state index in [0.717, 1.165) is 29.7 Å². The third-order valence-corrected chi connectivity index (χ3v) is 14.1. The summed E-state index contributed by atoms with van der Waals surface area (Å²) in [4.78, 5) is 70.3. The van der Waals surface area contributed by atoms with Gasteiger partial charge in [0, 0.05) is 82.2 Å². The molecular formula is C49H52FN5O6. The van der Waals surface area contributed by atoms with Crippen LogP contribution in [0.25, 0.3) is 0 Å². The summed E-state index contributed by atoms with van der Waals surface area (Å²) in [5.41, 5.74) is 6.81. The highest BCUT2D eigenvalue weighted by Crippen LogP contribution is 2.47. The number of piperidine rings is 2. The van der Waals surface area contributed by atoms with Crippen LogP contribution < -0.4 is 10.2 Å². The van der Waals surface area contributed by atoms with Gasteiger partial charge in [0.2, 0.25) is 12.3 Å². The molecule has 3 atom stereocenters. The second-order valence-electron chi connectivity index (χ2n) is 17.6. The lowest BCUT2D eigenvalue weighted by Crippen LogP contribution is -2.55. The number of nitrogens with one attached hydrogen (secondary N) is 1. The molecule has 0 saturated carbocycles. The molecule has 2 N–H and O–H groups in total. The molecule has 61 heavy (non-hydrogen) atoms. The normalized spacial score (nSPS) is 21.8. The van der Waals surface area contributed by atoms with E-state index in [9.17, 15) is 29.1 Å². The Kier molecular flexibility index (Phi) is 11.0. The fourth-order valence-corrected chi connectivity index (χ4v) is 10.7. The molecule has 2 saturated heterocycles. The molecule has 0 radical (unpaired) electrons. The Labute approximate surface area is 355 Å². The number of aromatic hydroxyl groups is 1. The Morgan fingerprint density at radius 1 is 0.836 bits per heavy atom. The zero-order valence-electron chi connectivity index (χ0n) is 34.5. The number of rotatable bonds is 10. The van der Waals surface area contributed by atoms with E-state index in [1.807, 2.05) is 24.3 Å². The molecule has 4 aliphatic heterocycles. The number of aryl methyl sites for hydroxylation is 1. The number of alkyl halides is 1. The molecule has 4 aromatic carbocycles. The lowest BCUT2D eigenvalue weighted by molar-refractivity contribution is -0.147. The first kappa shape index (κ1) is 40.5. The number of carbonyl (C=O) groups excluding carboxylic acids is 5. The predicted molar refractivity (Wildman–Crippen MR) is 228 cm³/mol. The smallest absolute Gasteiger partial charge is 0.261 e. The van der Waals surface area contributed by atoms with Gasteiger partial charge in [0.05, 0.1) is 11.1 Å². The first-order valence-corrected chi connectivity index (χ1v) is 21.7. The van der Waals surface area contributed by atoms with Crippen molar-refractivity contribution in [2.75, 3.05) is 31.1 Å². The number of imide groups is 2. The lowest BCUT2D eigenvalue weighted by Gasteiger charge is -2.42. The number of phenols is 1. The number of halogens is 1. The van der Waals surface area contributed by atoms with E-state index in [-0.39, 0.29) is 49.5 Å². The Bertz CT molecular complexity index is 2310. The van der Waals surface area contributed by atoms with Crippen molar-refractivity contribution in [1.29, 1.82) is 0 Å². The van der Waals surface area contributed by atoms with E-state index in [1.54, 1.807) is 17.9 Å². The highest BCUT2D eigenvalue weighted by Gasteiger charge is 2.46. The molecule has 1 aliphatic carbocycles. The summed E-state index contributed by atoms with van der Waals surface area (Å²) in [7, 11) is 0. The summed E-state index contributed by atoms with van der Waals surface area (Å²) >= 11 is 0. The second-order valence-corrected chi connectivity index (χ2v) is 17.6. The van der Waals surface area contributed by atoms with Crippen LogP contribution in [0.1, 0.15) is 118 Å². The maximum atomic E-state index is 16.5. The van der Waals surface area contributed by atoms with Crippen LogP contribution in [0.15, 0.2) is 84.9 Å². The van der Waals surface area contributed by atoms with Crippen molar-refractivity contribution >= 4 is 35.7 Å². The fraction of sp³-hybridized carbons (Fsp3) is 0.408. The van der Waals surface area contributed by atoms with E-state index in [1.165, 1.54) is 27.2 Å². The number of carbonyl (C=O) groups is 5. The summed E-state index contributed by atoms with van der Waals surface area (Å²) in [6, 6.07) is 28.4. The fourth-order valence-electron chi connectivity index (χ4n) is 10.7. The number of anilines is 1. The van der Waals surface area contributed by atoms with Gasteiger partial charge in [-0.15, -0.1) is 0 Å². The van der Waals surface area contributed by atoms with E-state index in [0.29, 0.717) is 81.3 Å². The van der Waals surface area contributed by atoms with Crippen LogP contribution >= 0.6 is 0 Å². The van der Waals surface area contributed by atoms with Gasteiger partial charge in [0.1, 0.15) is 5.75 Å². The number of nitrogens with zero attached hydrogens (tertiary/aromatic N) is 4. The second kappa shape index (κ2) is 16.5. The van der Waals surface area contributed by atoms with Gasteiger partial charge >= 0.3 is 0 Å². The zero-order chi connectivity index (χ0) is 42.4. The maximum absolute atomic E-state index is 16.5. The molecular weight excluding hydrogens is 774 g/mol. The minimum Gasteiger partial charge on any atom is -0.508 e. The molecule has 4 heterocycles. The van der Waals surface area contributed by atoms with E-state index >= 15 is 4.39 Å². The topological polar surface area (TPSA) is 131 Å². The SMILES string of the molecule is CC(CCC(=O)NC=O)N1C(=O)c2cc3c(cc2C1=O)CN(C1CCN(C(=O)C2(F)CCN(c4ccc(C5c6ccc(O)cc6CCC5c5ccccc5)cc4)CC2)CC1)C3. The molecule has 316 valence electrons. The Morgan fingerprint density at radius 2 is 1.49 bits per heavy atom. The van der Waals surface area contributed by atoms with Gasteiger partial charge in [-0.1, -0.05) is 48.5 Å². The minimum atomic E-state index is -1.90. The third kappa shape index (κ3) is 7.71. The van der Waals surface area contributed by atoms with E-state index in [4.69, 9.17) is 0 Å². The number of fused-ring (bicyclic) bond motifs is 3. The van der Waals surface area contributed by atoms with Crippen LogP contribution in [0.2, 0.25) is 0 Å². The van der Waals surface area contributed by atoms with Gasteiger partial charge in [-0.25, -0.2) is 4.39 Å². The molecule has 9 rings (SSSR count). The van der Waals surface area contributed by atoms with Crippen LogP contribution in [0.4, 0.5) is 10.1 Å². The van der Waals surface area contributed by atoms with E-state index < -0.39 is 23.5 Å². The molecule has 0 spiro atoms. The molecule has 3 unspecified atom stereocenters. The van der Waals surface area contributed by atoms with Gasteiger partial charge in [-0.3, -0.25) is 39.1 Å². The largest absolute Gasteiger partial charge is 0.508 e. The molecule has 12 heteroatoms. The Balaban J connectivity index is 0.784. The summed E-state index contributed by atoms with van der Waals surface area (Å²) in [6.45, 7) is 4.83. The third-order valence-electron chi connectivity index (χ3n) is 14.1. The molecule has 0 bridgehead atoms. The number of amides is 5. The first-order chi connectivity index (χ1) is 29.5. The maximum Gasteiger partial charge on any atom is 0.261 e. The van der Waals surface area contributed by atoms with Gasteiger partial charge < -0.3 is 14.9 Å². The Morgan fingerprint density at radius 3 is 2.13 bits per heavy atom. The molecule has 2 fully saturated rings. The number of hydrogen-bond acceptors (Lipinski definition) is 8. The summed E-state index contributed by atoms with van der Waals surface area (Å²) in [5, 5.41) is 12.3. The molecule has 11 nitrogen and oxygen atoms in total. The summed E-state index contributed by atoms with van der Waals surface area (Å²) < 4.78 is 16.5. The van der Waals surface area contributed by atoms with Crippen LogP contribution in [-0.2, 0) is 33.9 Å². The average Bonchev–Trinajstić information content (AvgIpc) is 3.81. The summed E-state index contributed by atoms with van der Waals surface area (Å²) in [6.07, 6.45) is 4.19.